The number of likely N-dealkylation sites (tertiary alicyclic amines) is 1. The molecule has 29 heavy (non-hydrogen) atoms. The van der Waals surface area contributed by atoms with Crippen molar-refractivity contribution in [2.24, 2.45) is 4.99 Å². The van der Waals surface area contributed by atoms with E-state index in [1.165, 1.54) is 5.56 Å². The topological polar surface area (TPSA) is 66.3 Å². The molecule has 1 heterocycles. The van der Waals surface area contributed by atoms with Crippen LogP contribution in [0.1, 0.15) is 30.4 Å². The van der Waals surface area contributed by atoms with Gasteiger partial charge in [0.1, 0.15) is 5.75 Å². The van der Waals surface area contributed by atoms with E-state index in [9.17, 15) is 5.11 Å². The second-order valence-electron chi connectivity index (χ2n) is 7.20. The molecule has 6 heteroatoms. The summed E-state index contributed by atoms with van der Waals surface area (Å²) < 4.78 is 10.5. The van der Waals surface area contributed by atoms with Gasteiger partial charge in [-0.1, -0.05) is 18.2 Å². The molecule has 0 bridgehead atoms. The summed E-state index contributed by atoms with van der Waals surface area (Å²) in [6, 6.07) is 13.8. The molecule has 2 aromatic carbocycles. The standard InChI is InChI=1S/C23H31N3O3/c1-4-24-23(25-13-11-17-5-10-21(27)22(15-17)29-3)26-14-12-19(16-26)18-6-8-20(28-2)9-7-18/h5-10,15,19,27H,4,11-14,16H2,1-3H3,(H,24,25). The Bertz CT molecular complexity index is 821. The first kappa shape index (κ1) is 20.8. The molecule has 1 aliphatic heterocycles. The Kier molecular flexibility index (Phi) is 7.22. The minimum Gasteiger partial charge on any atom is -0.504 e. The third-order valence-corrected chi connectivity index (χ3v) is 5.32. The first-order valence-corrected chi connectivity index (χ1v) is 10.2. The molecule has 0 amide bonds. The maximum atomic E-state index is 9.73. The fraction of sp³-hybridized carbons (Fsp3) is 0.435. The van der Waals surface area contributed by atoms with Crippen LogP contribution in [0.4, 0.5) is 0 Å². The minimum atomic E-state index is 0.162. The molecule has 0 aromatic heterocycles. The Morgan fingerprint density at radius 3 is 2.66 bits per heavy atom. The summed E-state index contributed by atoms with van der Waals surface area (Å²) >= 11 is 0. The fourth-order valence-corrected chi connectivity index (χ4v) is 3.70. The van der Waals surface area contributed by atoms with E-state index in [0.29, 0.717) is 18.2 Å². The van der Waals surface area contributed by atoms with Gasteiger partial charge in [-0.2, -0.15) is 0 Å². The highest BCUT2D eigenvalue weighted by Gasteiger charge is 2.26. The van der Waals surface area contributed by atoms with E-state index in [2.05, 4.69) is 29.3 Å². The van der Waals surface area contributed by atoms with Crippen LogP contribution >= 0.6 is 0 Å². The highest BCUT2D eigenvalue weighted by molar-refractivity contribution is 5.80. The van der Waals surface area contributed by atoms with Crippen molar-refractivity contribution in [3.05, 3.63) is 53.6 Å². The molecular weight excluding hydrogens is 366 g/mol. The number of ether oxygens (including phenoxy) is 2. The predicted octanol–water partition coefficient (Wildman–Crippen LogP) is 3.41. The lowest BCUT2D eigenvalue weighted by Gasteiger charge is -2.22. The van der Waals surface area contributed by atoms with E-state index in [1.54, 1.807) is 20.3 Å². The van der Waals surface area contributed by atoms with Gasteiger partial charge in [0.15, 0.2) is 17.5 Å². The van der Waals surface area contributed by atoms with Gasteiger partial charge in [0.2, 0.25) is 0 Å². The van der Waals surface area contributed by atoms with Gasteiger partial charge in [-0.15, -0.1) is 0 Å². The average molecular weight is 398 g/mol. The van der Waals surface area contributed by atoms with E-state index >= 15 is 0 Å². The van der Waals surface area contributed by atoms with Crippen LogP contribution in [0.25, 0.3) is 0 Å². The van der Waals surface area contributed by atoms with Gasteiger partial charge in [0.25, 0.3) is 0 Å². The summed E-state index contributed by atoms with van der Waals surface area (Å²) in [7, 11) is 3.26. The van der Waals surface area contributed by atoms with Crippen LogP contribution in [0, 0.1) is 0 Å². The van der Waals surface area contributed by atoms with Gasteiger partial charge < -0.3 is 24.8 Å². The number of aromatic hydroxyl groups is 1. The Labute approximate surface area is 173 Å². The lowest BCUT2D eigenvalue weighted by Crippen LogP contribution is -2.40. The fourth-order valence-electron chi connectivity index (χ4n) is 3.70. The molecule has 0 radical (unpaired) electrons. The van der Waals surface area contributed by atoms with Gasteiger partial charge in [0.05, 0.1) is 14.2 Å². The number of aliphatic imine (C=N–C) groups is 1. The van der Waals surface area contributed by atoms with Gasteiger partial charge in [-0.3, -0.25) is 4.99 Å². The molecule has 0 aliphatic carbocycles. The summed E-state index contributed by atoms with van der Waals surface area (Å²) in [6.45, 7) is 5.58. The van der Waals surface area contributed by atoms with Crippen molar-refractivity contribution < 1.29 is 14.6 Å². The maximum absolute atomic E-state index is 9.73. The minimum absolute atomic E-state index is 0.162. The maximum Gasteiger partial charge on any atom is 0.193 e. The predicted molar refractivity (Wildman–Crippen MR) is 116 cm³/mol. The molecule has 1 aliphatic rings. The van der Waals surface area contributed by atoms with Crippen LogP contribution in [0.3, 0.4) is 0 Å². The van der Waals surface area contributed by atoms with E-state index in [4.69, 9.17) is 14.5 Å². The molecule has 1 atom stereocenters. The van der Waals surface area contributed by atoms with Crippen LogP contribution in [0.15, 0.2) is 47.5 Å². The Morgan fingerprint density at radius 2 is 1.97 bits per heavy atom. The summed E-state index contributed by atoms with van der Waals surface area (Å²) in [5.74, 6) is 3.03. The SMILES string of the molecule is CCNC(=NCCc1ccc(O)c(OC)c1)N1CCC(c2ccc(OC)cc2)C1. The number of methoxy groups -OCH3 is 2. The Morgan fingerprint density at radius 1 is 1.17 bits per heavy atom. The number of phenols is 1. The van der Waals surface area contributed by atoms with E-state index in [1.807, 2.05) is 24.3 Å². The molecule has 2 aromatic rings. The molecule has 1 fully saturated rings. The largest absolute Gasteiger partial charge is 0.504 e. The molecule has 2 N–H and O–H groups in total. The molecular formula is C23H31N3O3. The molecule has 0 spiro atoms. The number of rotatable bonds is 7. The molecule has 156 valence electrons. The number of nitrogens with zero attached hydrogens (tertiary/aromatic N) is 2. The zero-order valence-electron chi connectivity index (χ0n) is 17.5. The number of phenolic OH excluding ortho intramolecular Hbond substituents is 1. The van der Waals surface area contributed by atoms with Crippen LogP contribution in [-0.4, -0.2) is 56.4 Å². The van der Waals surface area contributed by atoms with Crippen molar-refractivity contribution in [3.63, 3.8) is 0 Å². The van der Waals surface area contributed by atoms with Gasteiger partial charge >= 0.3 is 0 Å². The number of guanidine groups is 1. The lowest BCUT2D eigenvalue weighted by atomic mass is 9.98. The van der Waals surface area contributed by atoms with Crippen molar-refractivity contribution in [1.29, 1.82) is 0 Å². The molecule has 3 rings (SSSR count). The normalized spacial score (nSPS) is 16.7. The van der Waals surface area contributed by atoms with E-state index in [-0.39, 0.29) is 5.75 Å². The number of hydrogen-bond donors (Lipinski definition) is 2. The van der Waals surface area contributed by atoms with Gasteiger partial charge in [0, 0.05) is 32.1 Å². The smallest absolute Gasteiger partial charge is 0.193 e. The number of hydrogen-bond acceptors (Lipinski definition) is 4. The van der Waals surface area contributed by atoms with Crippen molar-refractivity contribution in [2.75, 3.05) is 40.4 Å². The number of benzene rings is 2. The van der Waals surface area contributed by atoms with E-state index < -0.39 is 0 Å². The zero-order valence-corrected chi connectivity index (χ0v) is 17.5. The summed E-state index contributed by atoms with van der Waals surface area (Å²) in [4.78, 5) is 7.18. The lowest BCUT2D eigenvalue weighted by molar-refractivity contribution is 0.373. The average Bonchev–Trinajstić information content (AvgIpc) is 3.24. The summed E-state index contributed by atoms with van der Waals surface area (Å²) in [5, 5.41) is 13.2. The van der Waals surface area contributed by atoms with Crippen molar-refractivity contribution in [1.82, 2.24) is 10.2 Å². The van der Waals surface area contributed by atoms with Crippen molar-refractivity contribution >= 4 is 5.96 Å². The number of nitrogens with one attached hydrogen (secondary N) is 1. The first-order valence-electron chi connectivity index (χ1n) is 10.2. The van der Waals surface area contributed by atoms with Gasteiger partial charge in [-0.05, 0) is 55.2 Å². The second kappa shape index (κ2) is 10.0. The first-order chi connectivity index (χ1) is 14.1. The third-order valence-electron chi connectivity index (χ3n) is 5.32. The second-order valence-corrected chi connectivity index (χ2v) is 7.20. The van der Waals surface area contributed by atoms with Crippen molar-refractivity contribution in [3.8, 4) is 17.2 Å². The van der Waals surface area contributed by atoms with Crippen LogP contribution < -0.4 is 14.8 Å². The van der Waals surface area contributed by atoms with E-state index in [0.717, 1.165) is 49.7 Å². The van der Waals surface area contributed by atoms with Crippen LogP contribution in [0.2, 0.25) is 0 Å². The molecule has 0 saturated carbocycles. The molecule has 1 saturated heterocycles. The zero-order chi connectivity index (χ0) is 20.6. The van der Waals surface area contributed by atoms with Crippen LogP contribution in [-0.2, 0) is 6.42 Å². The monoisotopic (exact) mass is 397 g/mol. The highest BCUT2D eigenvalue weighted by atomic mass is 16.5. The summed E-state index contributed by atoms with van der Waals surface area (Å²) in [5.41, 5.74) is 2.44. The van der Waals surface area contributed by atoms with Crippen molar-refractivity contribution in [2.45, 2.75) is 25.7 Å². The highest BCUT2D eigenvalue weighted by Crippen LogP contribution is 2.29. The van der Waals surface area contributed by atoms with Gasteiger partial charge in [-0.25, -0.2) is 0 Å². The molecule has 6 nitrogen and oxygen atoms in total. The Balaban J connectivity index is 1.61. The third kappa shape index (κ3) is 5.34. The quantitative estimate of drug-likeness (QED) is 0.554. The molecule has 1 unspecified atom stereocenters. The van der Waals surface area contributed by atoms with Crippen LogP contribution in [0.5, 0.6) is 17.2 Å². The Hall–Kier alpha value is -2.89. The summed E-state index contributed by atoms with van der Waals surface area (Å²) in [6.07, 6.45) is 1.91.